The number of pyridine rings is 1. The van der Waals surface area contributed by atoms with Crippen LogP contribution < -0.4 is 21.1 Å². The van der Waals surface area contributed by atoms with Crippen LogP contribution in [-0.2, 0) is 7.05 Å². The highest BCUT2D eigenvalue weighted by Gasteiger charge is 2.24. The lowest BCUT2D eigenvalue weighted by atomic mass is 10.1. The lowest BCUT2D eigenvalue weighted by molar-refractivity contribution is 0.231. The Bertz CT molecular complexity index is 841. The summed E-state index contributed by atoms with van der Waals surface area (Å²) in [6, 6.07) is 3.83. The maximum absolute atomic E-state index is 12.6. The van der Waals surface area contributed by atoms with Crippen LogP contribution in [0.1, 0.15) is 33.1 Å². The van der Waals surface area contributed by atoms with Crippen molar-refractivity contribution in [2.45, 2.75) is 45.2 Å². The van der Waals surface area contributed by atoms with Crippen LogP contribution in [-0.4, -0.2) is 45.7 Å². The molecule has 0 unspecified atom stereocenters. The van der Waals surface area contributed by atoms with Crippen molar-refractivity contribution in [1.82, 2.24) is 25.2 Å². The maximum atomic E-state index is 12.6. The number of piperidine rings is 1. The van der Waals surface area contributed by atoms with E-state index in [4.69, 9.17) is 0 Å². The van der Waals surface area contributed by atoms with E-state index in [0.29, 0.717) is 30.1 Å². The zero-order chi connectivity index (χ0) is 18.7. The summed E-state index contributed by atoms with van der Waals surface area (Å²) < 4.78 is 1.54. The smallest absolute Gasteiger partial charge is 0.315 e. The van der Waals surface area contributed by atoms with E-state index in [0.717, 1.165) is 19.3 Å². The molecule has 0 saturated carbocycles. The summed E-state index contributed by atoms with van der Waals surface area (Å²) in [6.45, 7) is 5.39. The second-order valence-electron chi connectivity index (χ2n) is 6.83. The first-order chi connectivity index (χ1) is 12.5. The molecular formula is C18H26N6O2. The van der Waals surface area contributed by atoms with Gasteiger partial charge in [0.15, 0.2) is 11.5 Å². The van der Waals surface area contributed by atoms with Crippen molar-refractivity contribution in [3.05, 3.63) is 28.7 Å². The summed E-state index contributed by atoms with van der Waals surface area (Å²) in [5.41, 5.74) is 1.15. The molecular weight excluding hydrogens is 332 g/mol. The minimum Gasteiger partial charge on any atom is -0.352 e. The van der Waals surface area contributed by atoms with Gasteiger partial charge in [0.2, 0.25) is 0 Å². The first-order valence-corrected chi connectivity index (χ1v) is 9.13. The lowest BCUT2D eigenvalue weighted by Gasteiger charge is -2.33. The SMILES string of the molecule is CC[C@@H](C)NC(=O)NC1CCN(c2nc3cccnc3n(C)c2=O)CC1. The minimum atomic E-state index is -0.142. The highest BCUT2D eigenvalue weighted by atomic mass is 16.2. The summed E-state index contributed by atoms with van der Waals surface area (Å²) >= 11 is 0. The number of carbonyl (C=O) groups is 1. The van der Waals surface area contributed by atoms with E-state index in [1.54, 1.807) is 17.8 Å². The predicted molar refractivity (Wildman–Crippen MR) is 101 cm³/mol. The van der Waals surface area contributed by atoms with E-state index in [9.17, 15) is 9.59 Å². The van der Waals surface area contributed by atoms with Gasteiger partial charge < -0.3 is 15.5 Å². The number of aromatic nitrogens is 3. The number of hydrogen-bond donors (Lipinski definition) is 2. The van der Waals surface area contributed by atoms with E-state index in [1.807, 2.05) is 30.9 Å². The van der Waals surface area contributed by atoms with Gasteiger partial charge in [-0.3, -0.25) is 9.36 Å². The molecule has 26 heavy (non-hydrogen) atoms. The van der Waals surface area contributed by atoms with Gasteiger partial charge in [0.25, 0.3) is 5.56 Å². The lowest BCUT2D eigenvalue weighted by Crippen LogP contribution is -2.50. The summed E-state index contributed by atoms with van der Waals surface area (Å²) in [5, 5.41) is 5.94. The average molecular weight is 358 g/mol. The molecule has 0 aromatic carbocycles. The number of fused-ring (bicyclic) bond motifs is 1. The second kappa shape index (κ2) is 7.72. The number of hydrogen-bond acceptors (Lipinski definition) is 5. The van der Waals surface area contributed by atoms with Crippen molar-refractivity contribution in [1.29, 1.82) is 0 Å². The fourth-order valence-electron chi connectivity index (χ4n) is 3.14. The van der Waals surface area contributed by atoms with E-state index >= 15 is 0 Å². The number of nitrogens with zero attached hydrogens (tertiary/aromatic N) is 4. The zero-order valence-electron chi connectivity index (χ0n) is 15.5. The van der Waals surface area contributed by atoms with Gasteiger partial charge >= 0.3 is 6.03 Å². The Balaban J connectivity index is 1.67. The van der Waals surface area contributed by atoms with Crippen LogP contribution in [0.2, 0.25) is 0 Å². The summed E-state index contributed by atoms with van der Waals surface area (Å²) in [4.78, 5) is 35.4. The maximum Gasteiger partial charge on any atom is 0.315 e. The molecule has 1 fully saturated rings. The predicted octanol–water partition coefficient (Wildman–Crippen LogP) is 1.39. The fourth-order valence-corrected chi connectivity index (χ4v) is 3.14. The number of amides is 2. The minimum absolute atomic E-state index is 0.112. The third-order valence-corrected chi connectivity index (χ3v) is 4.93. The Labute approximate surface area is 152 Å². The van der Waals surface area contributed by atoms with Gasteiger partial charge in [-0.25, -0.2) is 14.8 Å². The van der Waals surface area contributed by atoms with Crippen LogP contribution in [0.25, 0.3) is 11.2 Å². The van der Waals surface area contributed by atoms with Crippen molar-refractivity contribution in [3.8, 4) is 0 Å². The highest BCUT2D eigenvalue weighted by molar-refractivity contribution is 5.74. The van der Waals surface area contributed by atoms with Crippen molar-refractivity contribution >= 4 is 23.0 Å². The summed E-state index contributed by atoms with van der Waals surface area (Å²) in [6.07, 6.45) is 4.12. The molecule has 0 bridgehead atoms. The monoisotopic (exact) mass is 358 g/mol. The molecule has 1 saturated heterocycles. The molecule has 3 heterocycles. The van der Waals surface area contributed by atoms with Crippen LogP contribution >= 0.6 is 0 Å². The first kappa shape index (κ1) is 18.2. The van der Waals surface area contributed by atoms with Crippen molar-refractivity contribution < 1.29 is 4.79 Å². The van der Waals surface area contributed by atoms with Gasteiger partial charge in [0.1, 0.15) is 5.52 Å². The molecule has 140 valence electrons. The van der Waals surface area contributed by atoms with Gasteiger partial charge in [-0.2, -0.15) is 0 Å². The van der Waals surface area contributed by atoms with Gasteiger partial charge in [-0.1, -0.05) is 6.92 Å². The molecule has 2 aromatic heterocycles. The summed E-state index contributed by atoms with van der Waals surface area (Å²) in [7, 11) is 1.72. The van der Waals surface area contributed by atoms with Crippen LogP contribution in [0.15, 0.2) is 23.1 Å². The van der Waals surface area contributed by atoms with Crippen LogP contribution in [0, 0.1) is 0 Å². The molecule has 1 atom stereocenters. The number of aryl methyl sites for hydroxylation is 1. The first-order valence-electron chi connectivity index (χ1n) is 9.13. The fraction of sp³-hybridized carbons (Fsp3) is 0.556. The topological polar surface area (TPSA) is 92.2 Å². The van der Waals surface area contributed by atoms with E-state index in [2.05, 4.69) is 20.6 Å². The van der Waals surface area contributed by atoms with Crippen molar-refractivity contribution in [2.24, 2.45) is 7.05 Å². The second-order valence-corrected chi connectivity index (χ2v) is 6.83. The van der Waals surface area contributed by atoms with E-state index in [-0.39, 0.29) is 23.7 Å². The Hall–Kier alpha value is -2.64. The molecule has 8 heteroatoms. The standard InChI is InChI=1S/C18H26N6O2/c1-4-12(2)20-18(26)21-13-7-10-24(11-8-13)16-17(25)23(3)15-14(22-16)6-5-9-19-15/h5-6,9,12-13H,4,7-8,10-11H2,1-3H3,(H2,20,21,26)/t12-/m1/s1. The van der Waals surface area contributed by atoms with Gasteiger partial charge in [-0.05, 0) is 38.3 Å². The highest BCUT2D eigenvalue weighted by Crippen LogP contribution is 2.17. The Morgan fingerprint density at radius 3 is 2.81 bits per heavy atom. The van der Waals surface area contributed by atoms with E-state index < -0.39 is 0 Å². The van der Waals surface area contributed by atoms with Crippen LogP contribution in [0.5, 0.6) is 0 Å². The molecule has 1 aliphatic rings. The molecule has 3 rings (SSSR count). The van der Waals surface area contributed by atoms with Gasteiger partial charge in [0, 0.05) is 38.4 Å². The summed E-state index contributed by atoms with van der Waals surface area (Å²) in [5.74, 6) is 0.454. The molecule has 1 aliphatic heterocycles. The molecule has 2 amide bonds. The largest absolute Gasteiger partial charge is 0.352 e. The number of nitrogens with one attached hydrogen (secondary N) is 2. The van der Waals surface area contributed by atoms with Crippen molar-refractivity contribution in [2.75, 3.05) is 18.0 Å². The quantitative estimate of drug-likeness (QED) is 0.862. The van der Waals surface area contributed by atoms with Gasteiger partial charge in [-0.15, -0.1) is 0 Å². The number of anilines is 1. The van der Waals surface area contributed by atoms with Crippen LogP contribution in [0.3, 0.4) is 0 Å². The Morgan fingerprint density at radius 2 is 2.12 bits per heavy atom. The molecule has 2 aromatic rings. The van der Waals surface area contributed by atoms with Gasteiger partial charge in [0.05, 0.1) is 0 Å². The van der Waals surface area contributed by atoms with E-state index in [1.165, 1.54) is 0 Å². The normalized spacial score (nSPS) is 16.5. The number of rotatable bonds is 4. The number of urea groups is 1. The molecule has 2 N–H and O–H groups in total. The average Bonchev–Trinajstić information content (AvgIpc) is 2.65. The third-order valence-electron chi connectivity index (χ3n) is 4.93. The number of carbonyl (C=O) groups excluding carboxylic acids is 1. The molecule has 8 nitrogen and oxygen atoms in total. The Morgan fingerprint density at radius 1 is 1.38 bits per heavy atom. The molecule has 0 aliphatic carbocycles. The van der Waals surface area contributed by atoms with Crippen LogP contribution in [0.4, 0.5) is 10.6 Å². The molecule has 0 radical (unpaired) electrons. The van der Waals surface area contributed by atoms with Crippen molar-refractivity contribution in [3.63, 3.8) is 0 Å². The molecule has 0 spiro atoms. The zero-order valence-corrected chi connectivity index (χ0v) is 15.5. The third kappa shape index (κ3) is 3.79. The Kier molecular flexibility index (Phi) is 5.39.